The van der Waals surface area contributed by atoms with Gasteiger partial charge in [0.1, 0.15) is 0 Å². The molecule has 0 fully saturated rings. The molecular formula is C28H58N4O13. The zero-order valence-corrected chi connectivity index (χ0v) is 27.0. The van der Waals surface area contributed by atoms with E-state index in [1.165, 1.54) is 0 Å². The van der Waals surface area contributed by atoms with Crippen molar-refractivity contribution in [3.05, 3.63) is 10.4 Å². The highest BCUT2D eigenvalue weighted by Crippen LogP contribution is 1.87. The summed E-state index contributed by atoms with van der Waals surface area (Å²) in [6.07, 6.45) is 0. The molecule has 45 heavy (non-hydrogen) atoms. The third-order valence-electron chi connectivity index (χ3n) is 5.13. The molecule has 0 atom stereocenters. The lowest BCUT2D eigenvalue weighted by atomic mass is 10.6. The molecule has 0 saturated heterocycles. The van der Waals surface area contributed by atoms with E-state index >= 15 is 0 Å². The highest BCUT2D eigenvalue weighted by molar-refractivity contribution is 4.44. The molecule has 0 aromatic carbocycles. The van der Waals surface area contributed by atoms with Gasteiger partial charge in [-0.1, -0.05) is 5.11 Å². The average Bonchev–Trinajstić information content (AvgIpc) is 3.05. The Balaban J connectivity index is 3.04. The molecule has 0 aliphatic heterocycles. The molecule has 0 heterocycles. The summed E-state index contributed by atoms with van der Waals surface area (Å²) < 4.78 is 70.2. The van der Waals surface area contributed by atoms with Crippen LogP contribution >= 0.6 is 0 Å². The molecule has 0 spiro atoms. The van der Waals surface area contributed by atoms with Gasteiger partial charge in [-0.05, 0) is 5.53 Å². The van der Waals surface area contributed by atoms with Crippen LogP contribution < -0.4 is 5.73 Å². The van der Waals surface area contributed by atoms with Gasteiger partial charge >= 0.3 is 0 Å². The molecule has 0 amide bonds. The molecule has 0 unspecified atom stereocenters. The van der Waals surface area contributed by atoms with E-state index in [0.717, 1.165) is 0 Å². The molecule has 0 saturated carbocycles. The third-order valence-corrected chi connectivity index (χ3v) is 5.13. The van der Waals surface area contributed by atoms with Crippen molar-refractivity contribution in [1.82, 2.24) is 0 Å². The Bertz CT molecular complexity index is 597. The van der Waals surface area contributed by atoms with E-state index in [-0.39, 0.29) is 0 Å². The van der Waals surface area contributed by atoms with Gasteiger partial charge in [-0.2, -0.15) is 0 Å². The Morgan fingerprint density at radius 2 is 0.489 bits per heavy atom. The van der Waals surface area contributed by atoms with Gasteiger partial charge in [0, 0.05) is 18.0 Å². The monoisotopic (exact) mass is 658 g/mol. The molecule has 0 aromatic rings. The zero-order chi connectivity index (χ0) is 32.4. The summed E-state index contributed by atoms with van der Waals surface area (Å²) in [5, 5.41) is 3.37. The molecule has 17 heteroatoms. The van der Waals surface area contributed by atoms with Gasteiger partial charge < -0.3 is 67.3 Å². The maximum atomic E-state index is 8.13. The minimum Gasteiger partial charge on any atom is -0.379 e. The van der Waals surface area contributed by atoms with Gasteiger partial charge in [-0.25, -0.2) is 0 Å². The molecule has 268 valence electrons. The Hall–Kier alpha value is -1.25. The van der Waals surface area contributed by atoms with Crippen molar-refractivity contribution in [1.29, 1.82) is 0 Å². The van der Waals surface area contributed by atoms with Crippen LogP contribution in [0.1, 0.15) is 0 Å². The van der Waals surface area contributed by atoms with Gasteiger partial charge in [-0.3, -0.25) is 0 Å². The Morgan fingerprint density at radius 3 is 0.667 bits per heavy atom. The standard InChI is InChI=1S/C28H58N4O13/c29-1-3-33-5-7-35-9-11-37-13-15-39-17-19-41-21-23-43-25-27-45-28-26-44-24-22-42-20-18-40-16-14-38-12-10-36-8-6-34-4-2-31-32-30/h1-29H2. The molecule has 0 bridgehead atoms. The number of nitrogens with zero attached hydrogens (tertiary/aromatic N) is 3. The number of hydrogen-bond donors (Lipinski definition) is 1. The molecule has 2 N–H and O–H groups in total. The lowest BCUT2D eigenvalue weighted by Crippen LogP contribution is -2.16. The van der Waals surface area contributed by atoms with Crippen molar-refractivity contribution < 1.29 is 61.6 Å². The molecule has 0 aliphatic carbocycles. The first-order valence-corrected chi connectivity index (χ1v) is 15.6. The minimum absolute atomic E-state index is 0.327. The second-order valence-electron chi connectivity index (χ2n) is 8.70. The average molecular weight is 659 g/mol. The fourth-order valence-corrected chi connectivity index (χ4v) is 2.97. The van der Waals surface area contributed by atoms with Crippen LogP contribution in [0.2, 0.25) is 0 Å². The fourth-order valence-electron chi connectivity index (χ4n) is 2.97. The van der Waals surface area contributed by atoms with Gasteiger partial charge in [0.15, 0.2) is 0 Å². The van der Waals surface area contributed by atoms with Crippen LogP contribution in [0, 0.1) is 0 Å². The van der Waals surface area contributed by atoms with Gasteiger partial charge in [0.25, 0.3) is 0 Å². The first kappa shape index (κ1) is 43.8. The van der Waals surface area contributed by atoms with Crippen molar-refractivity contribution in [2.45, 2.75) is 0 Å². The third kappa shape index (κ3) is 42.8. The SMILES string of the molecule is [N-]=[N+]=NCCOCCOCCOCCOCCOCCOCCOCCOCCOCCOCCOCCOCCOCCN. The number of ether oxygens (including phenoxy) is 13. The quantitative estimate of drug-likeness (QED) is 0.0412. The largest absolute Gasteiger partial charge is 0.379 e. The van der Waals surface area contributed by atoms with Crippen LogP contribution in [0.3, 0.4) is 0 Å². The van der Waals surface area contributed by atoms with Gasteiger partial charge in [0.2, 0.25) is 0 Å². The van der Waals surface area contributed by atoms with Crippen molar-refractivity contribution in [3.8, 4) is 0 Å². The number of hydrogen-bond acceptors (Lipinski definition) is 15. The lowest BCUT2D eigenvalue weighted by Gasteiger charge is -2.09. The van der Waals surface area contributed by atoms with Gasteiger partial charge in [0.05, 0.1) is 172 Å². The van der Waals surface area contributed by atoms with Crippen molar-refractivity contribution in [3.63, 3.8) is 0 Å². The highest BCUT2D eigenvalue weighted by Gasteiger charge is 1.97. The smallest absolute Gasteiger partial charge is 0.0701 e. The van der Waals surface area contributed by atoms with Crippen LogP contribution in [0.4, 0.5) is 0 Å². The summed E-state index contributed by atoms with van der Waals surface area (Å²) in [7, 11) is 0. The second-order valence-corrected chi connectivity index (χ2v) is 8.70. The Kier molecular flexibility index (Phi) is 41.6. The van der Waals surface area contributed by atoms with E-state index in [0.29, 0.717) is 185 Å². The summed E-state index contributed by atoms with van der Waals surface area (Å²) in [4.78, 5) is 2.64. The maximum absolute atomic E-state index is 8.13. The van der Waals surface area contributed by atoms with Crippen LogP contribution in [0.5, 0.6) is 0 Å². The first-order chi connectivity index (χ1) is 22.4. The predicted octanol–water partition coefficient (Wildman–Crippen LogP) is 0.471. The summed E-state index contributed by atoms with van der Waals surface area (Å²) in [6, 6.07) is 0. The highest BCUT2D eigenvalue weighted by atomic mass is 16.6. The molecule has 17 nitrogen and oxygen atoms in total. The Labute approximate surface area is 268 Å². The molecule has 0 aliphatic rings. The molecule has 0 radical (unpaired) electrons. The van der Waals surface area contributed by atoms with Crippen molar-refractivity contribution in [2.24, 2.45) is 10.8 Å². The molecule has 0 rings (SSSR count). The van der Waals surface area contributed by atoms with Crippen molar-refractivity contribution in [2.75, 3.05) is 185 Å². The van der Waals surface area contributed by atoms with E-state index in [2.05, 4.69) is 10.0 Å². The van der Waals surface area contributed by atoms with Crippen molar-refractivity contribution >= 4 is 0 Å². The zero-order valence-electron chi connectivity index (χ0n) is 27.0. The molecular weight excluding hydrogens is 600 g/mol. The van der Waals surface area contributed by atoms with E-state index < -0.39 is 0 Å². The van der Waals surface area contributed by atoms with Crippen LogP contribution in [-0.4, -0.2) is 185 Å². The van der Waals surface area contributed by atoms with Gasteiger partial charge in [-0.15, -0.1) is 0 Å². The predicted molar refractivity (Wildman–Crippen MR) is 164 cm³/mol. The van der Waals surface area contributed by atoms with E-state index in [1.54, 1.807) is 0 Å². The van der Waals surface area contributed by atoms with Crippen LogP contribution in [-0.2, 0) is 61.6 Å². The molecule has 0 aromatic heterocycles. The normalized spacial score (nSPS) is 11.3. The second kappa shape index (κ2) is 42.8. The topological polar surface area (TPSA) is 195 Å². The Morgan fingerprint density at radius 1 is 0.311 bits per heavy atom. The number of nitrogens with two attached hydrogens (primary N) is 1. The fraction of sp³-hybridized carbons (Fsp3) is 1.00. The minimum atomic E-state index is 0.327. The van der Waals surface area contributed by atoms with Crippen LogP contribution in [0.25, 0.3) is 10.4 Å². The summed E-state index contributed by atoms with van der Waals surface area (Å²) >= 11 is 0. The first-order valence-electron chi connectivity index (χ1n) is 15.6. The summed E-state index contributed by atoms with van der Waals surface area (Å²) in [6.45, 7) is 13.9. The lowest BCUT2D eigenvalue weighted by molar-refractivity contribution is -0.0289. The number of rotatable bonds is 41. The van der Waals surface area contributed by atoms with E-state index in [1.807, 2.05) is 0 Å². The van der Waals surface area contributed by atoms with Crippen LogP contribution in [0.15, 0.2) is 5.11 Å². The summed E-state index contributed by atoms with van der Waals surface area (Å²) in [5.74, 6) is 0. The summed E-state index contributed by atoms with van der Waals surface area (Å²) in [5.41, 5.74) is 13.5. The van der Waals surface area contributed by atoms with E-state index in [9.17, 15) is 0 Å². The maximum Gasteiger partial charge on any atom is 0.0701 e. The van der Waals surface area contributed by atoms with E-state index in [4.69, 9.17) is 72.8 Å². The number of azide groups is 1.